The number of rotatable bonds is 6. The Morgan fingerprint density at radius 1 is 1.29 bits per heavy atom. The Morgan fingerprint density at radius 3 is 2.57 bits per heavy atom. The molecule has 0 bridgehead atoms. The van der Waals surface area contributed by atoms with Gasteiger partial charge in [-0.25, -0.2) is 4.79 Å². The van der Waals surface area contributed by atoms with Crippen LogP contribution in [0.15, 0.2) is 42.6 Å². The van der Waals surface area contributed by atoms with E-state index in [0.29, 0.717) is 17.9 Å². The zero-order valence-electron chi connectivity index (χ0n) is 11.2. The summed E-state index contributed by atoms with van der Waals surface area (Å²) in [5.41, 5.74) is 1.27. The Balaban J connectivity index is 1.96. The monoisotopic (exact) mass is 306 g/mol. The van der Waals surface area contributed by atoms with Gasteiger partial charge >= 0.3 is 5.97 Å². The number of halogens is 1. The zero-order chi connectivity index (χ0) is 15.2. The quantitative estimate of drug-likeness (QED) is 0.767. The smallest absolute Gasteiger partial charge is 0.326 e. The summed E-state index contributed by atoms with van der Waals surface area (Å²) >= 11 is 5.72. The Morgan fingerprint density at radius 2 is 2.00 bits per heavy atom. The molecule has 1 aromatic carbocycles. The summed E-state index contributed by atoms with van der Waals surface area (Å²) in [6.45, 7) is 0. The van der Waals surface area contributed by atoms with Crippen molar-refractivity contribution < 1.29 is 14.7 Å². The van der Waals surface area contributed by atoms with Gasteiger partial charge < -0.3 is 15.4 Å². The molecule has 1 amide bonds. The average Bonchev–Trinajstić information content (AvgIpc) is 2.90. The summed E-state index contributed by atoms with van der Waals surface area (Å²) in [6.07, 6.45) is 2.36. The van der Waals surface area contributed by atoms with Gasteiger partial charge in [-0.05, 0) is 24.5 Å². The van der Waals surface area contributed by atoms with E-state index < -0.39 is 17.9 Å². The molecule has 0 fully saturated rings. The fourth-order valence-electron chi connectivity index (χ4n) is 1.95. The third-order valence-corrected chi connectivity index (χ3v) is 3.28. The Bertz CT molecular complexity index is 625. The van der Waals surface area contributed by atoms with Crippen LogP contribution in [-0.2, 0) is 11.2 Å². The first-order valence-electron chi connectivity index (χ1n) is 6.48. The highest BCUT2D eigenvalue weighted by Gasteiger charge is 2.21. The second kappa shape index (κ2) is 6.95. The number of aliphatic carboxylic acids is 1. The third kappa shape index (κ3) is 4.36. The standard InChI is InChI=1S/C15H15ClN2O3/c16-11-8-13(17-9-11)14(19)18-12(15(20)21)7-6-10-4-2-1-3-5-10/h1-5,8-9,12,17H,6-7H2,(H,18,19)(H,20,21)/t12-/m0/s1. The van der Waals surface area contributed by atoms with Crippen molar-refractivity contribution in [3.05, 3.63) is 58.9 Å². The highest BCUT2D eigenvalue weighted by Crippen LogP contribution is 2.10. The highest BCUT2D eigenvalue weighted by atomic mass is 35.5. The van der Waals surface area contributed by atoms with Crippen molar-refractivity contribution in [3.63, 3.8) is 0 Å². The number of hydrogen-bond acceptors (Lipinski definition) is 2. The lowest BCUT2D eigenvalue weighted by Crippen LogP contribution is -2.41. The van der Waals surface area contributed by atoms with Crippen molar-refractivity contribution >= 4 is 23.5 Å². The minimum atomic E-state index is -1.06. The molecule has 110 valence electrons. The van der Waals surface area contributed by atoms with Crippen LogP contribution in [-0.4, -0.2) is 28.0 Å². The van der Waals surface area contributed by atoms with Gasteiger partial charge in [0.1, 0.15) is 11.7 Å². The minimum Gasteiger partial charge on any atom is -0.480 e. The van der Waals surface area contributed by atoms with Crippen molar-refractivity contribution in [2.75, 3.05) is 0 Å². The minimum absolute atomic E-state index is 0.242. The molecule has 2 rings (SSSR count). The molecule has 0 radical (unpaired) electrons. The Labute approximate surface area is 126 Å². The van der Waals surface area contributed by atoms with Gasteiger partial charge in [-0.15, -0.1) is 0 Å². The number of aromatic nitrogens is 1. The largest absolute Gasteiger partial charge is 0.480 e. The molecule has 0 aliphatic heterocycles. The molecule has 0 saturated carbocycles. The van der Waals surface area contributed by atoms with Gasteiger partial charge in [0.15, 0.2) is 0 Å². The van der Waals surface area contributed by atoms with E-state index in [2.05, 4.69) is 10.3 Å². The van der Waals surface area contributed by atoms with Gasteiger partial charge in [-0.2, -0.15) is 0 Å². The van der Waals surface area contributed by atoms with E-state index in [4.69, 9.17) is 11.6 Å². The second-order valence-corrected chi connectivity index (χ2v) is 5.06. The summed E-state index contributed by atoms with van der Waals surface area (Å²) in [4.78, 5) is 25.8. The molecule has 2 aromatic rings. The number of aromatic amines is 1. The molecule has 6 heteroatoms. The number of carboxylic acid groups (broad SMARTS) is 1. The van der Waals surface area contributed by atoms with Crippen LogP contribution in [0.2, 0.25) is 5.02 Å². The van der Waals surface area contributed by atoms with Gasteiger partial charge in [0.25, 0.3) is 5.91 Å². The van der Waals surface area contributed by atoms with Gasteiger partial charge in [0, 0.05) is 6.20 Å². The number of carboxylic acids is 1. The maximum atomic E-state index is 11.9. The molecule has 0 unspecified atom stereocenters. The van der Waals surface area contributed by atoms with Gasteiger partial charge in [-0.1, -0.05) is 41.9 Å². The maximum Gasteiger partial charge on any atom is 0.326 e. The number of carbonyl (C=O) groups excluding carboxylic acids is 1. The Kier molecular flexibility index (Phi) is 5.00. The maximum absolute atomic E-state index is 11.9. The van der Waals surface area contributed by atoms with Crippen molar-refractivity contribution in [1.29, 1.82) is 0 Å². The van der Waals surface area contributed by atoms with E-state index in [-0.39, 0.29) is 5.69 Å². The molecule has 1 heterocycles. The first kappa shape index (κ1) is 15.1. The van der Waals surface area contributed by atoms with Crippen LogP contribution in [0.4, 0.5) is 0 Å². The first-order chi connectivity index (χ1) is 10.1. The molecule has 5 nitrogen and oxygen atoms in total. The summed E-state index contributed by atoms with van der Waals surface area (Å²) in [7, 11) is 0. The topological polar surface area (TPSA) is 82.2 Å². The molecular weight excluding hydrogens is 292 g/mol. The zero-order valence-corrected chi connectivity index (χ0v) is 11.9. The summed E-state index contributed by atoms with van der Waals surface area (Å²) in [5, 5.41) is 12.1. The lowest BCUT2D eigenvalue weighted by Gasteiger charge is -2.14. The highest BCUT2D eigenvalue weighted by molar-refractivity contribution is 6.30. The third-order valence-electron chi connectivity index (χ3n) is 3.06. The van der Waals surface area contributed by atoms with Crippen LogP contribution >= 0.6 is 11.6 Å². The van der Waals surface area contributed by atoms with Crippen LogP contribution < -0.4 is 5.32 Å². The van der Waals surface area contributed by atoms with E-state index >= 15 is 0 Å². The molecular formula is C15H15ClN2O3. The van der Waals surface area contributed by atoms with E-state index in [1.807, 2.05) is 30.3 Å². The number of aryl methyl sites for hydroxylation is 1. The second-order valence-electron chi connectivity index (χ2n) is 4.62. The van der Waals surface area contributed by atoms with Crippen LogP contribution in [0.5, 0.6) is 0 Å². The fraction of sp³-hybridized carbons (Fsp3) is 0.200. The molecule has 0 spiro atoms. The Hall–Kier alpha value is -2.27. The van der Waals surface area contributed by atoms with E-state index in [1.165, 1.54) is 12.3 Å². The number of hydrogen-bond donors (Lipinski definition) is 3. The van der Waals surface area contributed by atoms with Crippen molar-refractivity contribution in [3.8, 4) is 0 Å². The number of H-pyrrole nitrogens is 1. The van der Waals surface area contributed by atoms with Crippen molar-refractivity contribution in [1.82, 2.24) is 10.3 Å². The van der Waals surface area contributed by atoms with Gasteiger partial charge in [0.2, 0.25) is 0 Å². The fourth-order valence-corrected chi connectivity index (χ4v) is 2.11. The number of carbonyl (C=O) groups is 2. The van der Waals surface area contributed by atoms with Crippen molar-refractivity contribution in [2.24, 2.45) is 0 Å². The number of benzene rings is 1. The number of nitrogens with one attached hydrogen (secondary N) is 2. The SMILES string of the molecule is O=C(N[C@@H](CCc1ccccc1)C(=O)O)c1cc(Cl)c[nH]1. The molecule has 21 heavy (non-hydrogen) atoms. The normalized spacial score (nSPS) is 11.9. The molecule has 0 aliphatic rings. The van der Waals surface area contributed by atoms with E-state index in [1.54, 1.807) is 0 Å². The van der Waals surface area contributed by atoms with Crippen LogP contribution in [0.25, 0.3) is 0 Å². The van der Waals surface area contributed by atoms with Crippen LogP contribution in [0, 0.1) is 0 Å². The van der Waals surface area contributed by atoms with Crippen molar-refractivity contribution in [2.45, 2.75) is 18.9 Å². The average molecular weight is 307 g/mol. The first-order valence-corrected chi connectivity index (χ1v) is 6.85. The van der Waals surface area contributed by atoms with E-state index in [0.717, 1.165) is 5.56 Å². The molecule has 3 N–H and O–H groups in total. The number of amides is 1. The summed E-state index contributed by atoms with van der Waals surface area (Å²) < 4.78 is 0. The van der Waals surface area contributed by atoms with Crippen LogP contribution in [0.3, 0.4) is 0 Å². The van der Waals surface area contributed by atoms with Gasteiger partial charge in [0.05, 0.1) is 5.02 Å². The summed E-state index contributed by atoms with van der Waals surface area (Å²) in [6, 6.07) is 10.0. The lowest BCUT2D eigenvalue weighted by molar-refractivity contribution is -0.139. The lowest BCUT2D eigenvalue weighted by atomic mass is 10.1. The van der Waals surface area contributed by atoms with Gasteiger partial charge in [-0.3, -0.25) is 4.79 Å². The summed E-state index contributed by atoms with van der Waals surface area (Å²) in [5.74, 6) is -1.54. The molecule has 1 aromatic heterocycles. The molecule has 0 aliphatic carbocycles. The van der Waals surface area contributed by atoms with E-state index in [9.17, 15) is 14.7 Å². The molecule has 1 atom stereocenters. The predicted octanol–water partition coefficient (Wildman–Crippen LogP) is 2.48. The van der Waals surface area contributed by atoms with Crippen LogP contribution in [0.1, 0.15) is 22.5 Å². The molecule has 0 saturated heterocycles. The predicted molar refractivity (Wildman–Crippen MR) is 79.5 cm³/mol.